The van der Waals surface area contributed by atoms with Crippen LogP contribution in [-0.4, -0.2) is 72.4 Å². The molecule has 23 N–H and O–H groups in total. The van der Waals surface area contributed by atoms with Gasteiger partial charge >= 0.3 is 5.76 Å². The Labute approximate surface area is 539 Å². The number of nitrogens with two attached hydrogens (primary N) is 10. The van der Waals surface area contributed by atoms with Gasteiger partial charge in [-0.3, -0.25) is 43.2 Å². The monoisotopic (exact) mass is 1280 g/mol. The van der Waals surface area contributed by atoms with Crippen molar-refractivity contribution in [3.05, 3.63) is 268 Å². The summed E-state index contributed by atoms with van der Waals surface area (Å²) in [5.41, 5.74) is 63.5. The molecule has 0 saturated heterocycles. The van der Waals surface area contributed by atoms with Crippen LogP contribution in [0.4, 0.5) is 56.9 Å². The highest BCUT2D eigenvalue weighted by Gasteiger charge is 2.40. The second-order valence-electron chi connectivity index (χ2n) is 22.1. The molecule has 5 aliphatic carbocycles. The Morgan fingerprint density at radius 3 is 0.781 bits per heavy atom. The third kappa shape index (κ3) is 9.71. The summed E-state index contributed by atoms with van der Waals surface area (Å²) < 4.78 is 5.23. The number of benzene rings is 10. The van der Waals surface area contributed by atoms with E-state index < -0.39 is 28.9 Å². The molecule has 0 amide bonds. The average Bonchev–Trinajstić information content (AvgIpc) is 0.762. The first-order valence-corrected chi connectivity index (χ1v) is 28.6. The number of nitrogen functional groups attached to an aromatic ring is 10. The number of anilines is 10. The topological polar surface area (TPSA) is 518 Å². The quantitative estimate of drug-likeness (QED) is 0.0527. The molecule has 0 atom stereocenters. The van der Waals surface area contributed by atoms with Crippen molar-refractivity contribution in [2.45, 2.75) is 0 Å². The summed E-state index contributed by atoms with van der Waals surface area (Å²) in [4.78, 5) is 127. The molecule has 0 fully saturated rings. The number of phenolic OH excluding ortho intramolecular Hbond substituents is 3. The van der Waals surface area contributed by atoms with Crippen LogP contribution in [-0.2, 0) is 0 Å². The number of hydrogen-bond donors (Lipinski definition) is 13. The number of carbonyl (C=O) groups is 9. The molecule has 0 saturated carbocycles. The molecule has 0 spiro atoms. The SMILES string of the molecule is Nc1ccc(N)c2c1C(=O)c1c(N)ccc(N)c1C2=O.Nc1ccc(N)c2c1C(=O)c1ccccc1C2=O.Nc1ccc(O)c2c1C(=O)c1c(O)ccc(N)c1C2=O.Nc1ccc(O)c2c1C(=O)c1ccccc1C2=O.Nc1ccc2nc(=O)oc3c2c1C(=O)c1ccccc1-3. The summed E-state index contributed by atoms with van der Waals surface area (Å²) >= 11 is 0. The van der Waals surface area contributed by atoms with Crippen molar-refractivity contribution in [1.29, 1.82) is 0 Å². The average molecular weight is 1280 g/mol. The van der Waals surface area contributed by atoms with Gasteiger partial charge in [0, 0.05) is 90.3 Å². The Morgan fingerprint density at radius 2 is 0.448 bits per heavy atom. The molecular weight excluding hydrogens is 1230 g/mol. The largest absolute Gasteiger partial charge is 0.507 e. The maximum Gasteiger partial charge on any atom is 0.439 e. The van der Waals surface area contributed by atoms with E-state index in [1.807, 2.05) is 0 Å². The van der Waals surface area contributed by atoms with E-state index in [1.165, 1.54) is 60.7 Å². The first-order chi connectivity index (χ1) is 45.7. The van der Waals surface area contributed by atoms with Gasteiger partial charge in [-0.2, -0.15) is 4.98 Å². The normalized spacial score (nSPS) is 12.9. The standard InChI is InChI=1S/C15H8N2O3.C14H12N4O2.C14H10N2O4.C14H10N2O2.C14H9NO3/c16-9-5-6-10-12-11(9)13(18)7-3-1-2-4-8(7)14(12)20-15(19)17-10;15-5-1-2-6(16)10-9(5)13(19)11-7(17)3-4-8(18)12(11)14(10)20;15-5-1-3-7(17)11-9(5)13(19)12-8(18)4-2-6(16)10(12)14(11)20;2*15-9-5-6-10(16)12-11(9)13(17)7-3-1-2-4-8(7)14(12)18/h1-6H,16H2;1-4H,15-18H2;1-4,17-18H,15-16H2;1-6H,15-16H2;1-6,16H,15H2. The molecule has 1 aromatic heterocycles. The first kappa shape index (κ1) is 62.0. The van der Waals surface area contributed by atoms with Crippen molar-refractivity contribution in [1.82, 2.24) is 4.98 Å². The molecule has 1 heterocycles. The lowest BCUT2D eigenvalue weighted by atomic mass is 9.81. The Hall–Kier alpha value is -14.2. The van der Waals surface area contributed by atoms with E-state index in [4.69, 9.17) is 61.8 Å². The molecule has 25 nitrogen and oxygen atoms in total. The van der Waals surface area contributed by atoms with Crippen molar-refractivity contribution in [3.63, 3.8) is 0 Å². The number of rotatable bonds is 0. The fraction of sp³-hybridized carbons (Fsp3) is 0. The Bertz CT molecular complexity index is 4890. The van der Waals surface area contributed by atoms with E-state index in [0.717, 1.165) is 0 Å². The molecule has 5 aliphatic rings. The smallest absolute Gasteiger partial charge is 0.439 e. The van der Waals surface area contributed by atoms with E-state index in [1.54, 1.807) is 97.1 Å². The second-order valence-corrected chi connectivity index (χ2v) is 22.1. The number of nitrogens with zero attached hydrogens (tertiary/aromatic N) is 1. The van der Waals surface area contributed by atoms with Gasteiger partial charge < -0.3 is 77.1 Å². The van der Waals surface area contributed by atoms with Gasteiger partial charge in [0.25, 0.3) is 0 Å². The summed E-state index contributed by atoms with van der Waals surface area (Å²) in [6.07, 6.45) is 0. The lowest BCUT2D eigenvalue weighted by Gasteiger charge is -2.22. The summed E-state index contributed by atoms with van der Waals surface area (Å²) in [5.74, 6) is -4.71. The van der Waals surface area contributed by atoms with Crippen LogP contribution in [0, 0.1) is 0 Å². The third-order valence-electron chi connectivity index (χ3n) is 16.5. The molecule has 25 heteroatoms. The zero-order valence-corrected chi connectivity index (χ0v) is 49.6. The van der Waals surface area contributed by atoms with Crippen molar-refractivity contribution >= 4 is 120 Å². The summed E-state index contributed by atoms with van der Waals surface area (Å²) in [6, 6.07) is 40.4. The molecular formula is C71H49N11O14. The van der Waals surface area contributed by atoms with Crippen LogP contribution in [0.2, 0.25) is 0 Å². The number of aromatic nitrogens is 1. The summed E-state index contributed by atoms with van der Waals surface area (Å²) in [5, 5.41) is 29.9. The van der Waals surface area contributed by atoms with E-state index >= 15 is 0 Å². The van der Waals surface area contributed by atoms with Gasteiger partial charge in [-0.15, -0.1) is 0 Å². The van der Waals surface area contributed by atoms with Crippen molar-refractivity contribution < 1.29 is 62.9 Å². The van der Waals surface area contributed by atoms with E-state index in [9.17, 15) is 63.3 Å². The van der Waals surface area contributed by atoms with Crippen molar-refractivity contribution in [3.8, 4) is 28.6 Å². The van der Waals surface area contributed by atoms with E-state index in [-0.39, 0.29) is 164 Å². The first-order valence-electron chi connectivity index (χ1n) is 28.6. The van der Waals surface area contributed by atoms with Gasteiger partial charge in [0.15, 0.2) is 46.2 Å². The molecule has 472 valence electrons. The summed E-state index contributed by atoms with van der Waals surface area (Å²) in [6.45, 7) is 0. The van der Waals surface area contributed by atoms with Crippen LogP contribution in [0.25, 0.3) is 22.2 Å². The van der Waals surface area contributed by atoms with Crippen molar-refractivity contribution in [2.24, 2.45) is 0 Å². The van der Waals surface area contributed by atoms with Gasteiger partial charge in [0.1, 0.15) is 17.2 Å². The van der Waals surface area contributed by atoms with E-state index in [2.05, 4.69) is 4.98 Å². The minimum Gasteiger partial charge on any atom is -0.507 e. The molecule has 0 radical (unpaired) electrons. The number of hydrogen-bond acceptors (Lipinski definition) is 25. The number of ketones is 9. The van der Waals surface area contributed by atoms with Gasteiger partial charge in [-0.25, -0.2) is 4.79 Å². The van der Waals surface area contributed by atoms with Crippen LogP contribution >= 0.6 is 0 Å². The molecule has 0 unspecified atom stereocenters. The zero-order chi connectivity index (χ0) is 68.8. The molecule has 0 aliphatic heterocycles. The number of fused-ring (bicyclic) bond motifs is 10. The van der Waals surface area contributed by atoms with E-state index in [0.29, 0.717) is 61.3 Å². The number of aromatic hydroxyl groups is 3. The van der Waals surface area contributed by atoms with Crippen molar-refractivity contribution in [2.75, 3.05) is 57.3 Å². The Kier molecular flexibility index (Phi) is 15.0. The second kappa shape index (κ2) is 23.2. The highest BCUT2D eigenvalue weighted by molar-refractivity contribution is 6.36. The van der Waals surface area contributed by atoms with Gasteiger partial charge in [-0.05, 0) is 84.9 Å². The van der Waals surface area contributed by atoms with Gasteiger partial charge in [-0.1, -0.05) is 72.8 Å². The summed E-state index contributed by atoms with van der Waals surface area (Å²) in [7, 11) is 0. The minimum absolute atomic E-state index is 0.00120. The molecule has 10 aromatic carbocycles. The van der Waals surface area contributed by atoms with Crippen LogP contribution < -0.4 is 63.1 Å². The maximum absolute atomic E-state index is 12.6. The number of phenols is 3. The predicted molar refractivity (Wildman–Crippen MR) is 357 cm³/mol. The molecule has 96 heavy (non-hydrogen) atoms. The Balaban J connectivity index is 0.000000115. The maximum atomic E-state index is 12.6. The van der Waals surface area contributed by atoms with Crippen LogP contribution in [0.1, 0.15) is 143 Å². The highest BCUT2D eigenvalue weighted by atomic mass is 16.4. The third-order valence-corrected chi connectivity index (χ3v) is 16.5. The fourth-order valence-corrected chi connectivity index (χ4v) is 12.1. The number of carbonyl (C=O) groups excluding carboxylic acids is 9. The highest BCUT2D eigenvalue weighted by Crippen LogP contribution is 2.44. The predicted octanol–water partition coefficient (Wildman–Crippen LogP) is 7.19. The van der Waals surface area contributed by atoms with Crippen LogP contribution in [0.5, 0.6) is 17.2 Å². The Morgan fingerprint density at radius 1 is 0.240 bits per heavy atom. The zero-order valence-electron chi connectivity index (χ0n) is 49.6. The van der Waals surface area contributed by atoms with Gasteiger partial charge in [0.05, 0.1) is 83.2 Å². The lowest BCUT2D eigenvalue weighted by molar-refractivity contribution is 0.0975. The van der Waals surface area contributed by atoms with Crippen LogP contribution in [0.15, 0.2) is 167 Å². The van der Waals surface area contributed by atoms with Crippen LogP contribution in [0.3, 0.4) is 0 Å². The lowest BCUT2D eigenvalue weighted by Crippen LogP contribution is -2.26. The molecule has 11 aromatic rings. The van der Waals surface area contributed by atoms with Gasteiger partial charge in [0.2, 0.25) is 11.6 Å². The molecule has 0 bridgehead atoms. The molecule has 16 rings (SSSR count). The fourth-order valence-electron chi connectivity index (χ4n) is 12.1. The minimum atomic E-state index is -0.688.